The molecule has 2 rings (SSSR count). The van der Waals surface area contributed by atoms with Crippen molar-refractivity contribution >= 4 is 29.9 Å². The summed E-state index contributed by atoms with van der Waals surface area (Å²) < 4.78 is 0. The lowest BCUT2D eigenvalue weighted by atomic mass is 10.1. The highest BCUT2D eigenvalue weighted by atomic mass is 32.1. The van der Waals surface area contributed by atoms with Gasteiger partial charge in [0.2, 0.25) is 0 Å². The maximum absolute atomic E-state index is 12.2. The number of benzene rings is 1. The van der Waals surface area contributed by atoms with E-state index in [0.29, 0.717) is 5.56 Å². The molecule has 0 bridgehead atoms. The van der Waals surface area contributed by atoms with Crippen molar-refractivity contribution < 1.29 is 4.79 Å². The minimum Gasteiger partial charge on any atom is -0.349 e. The van der Waals surface area contributed by atoms with Crippen LogP contribution in [0.3, 0.4) is 0 Å². The Hall–Kier alpha value is -1.26. The Balaban J connectivity index is 2.02. The summed E-state index contributed by atoms with van der Waals surface area (Å²) in [6.07, 6.45) is 0.864. The Kier molecular flexibility index (Phi) is 4.66. The number of thiophene rings is 1. The molecule has 1 N–H and O–H groups in total. The van der Waals surface area contributed by atoms with Crippen molar-refractivity contribution in [1.82, 2.24) is 5.32 Å². The number of rotatable bonds is 4. The standard InChI is InChI=1S/C15H17NOS2/c1-10-5-6-12(18)9-14(10)15(17)16-11(2)8-13-4-3-7-19-13/h3-7,9,11,18H,8H2,1-2H3,(H,16,17). The van der Waals surface area contributed by atoms with Gasteiger partial charge < -0.3 is 5.32 Å². The van der Waals surface area contributed by atoms with E-state index in [-0.39, 0.29) is 11.9 Å². The normalized spacial score (nSPS) is 12.2. The van der Waals surface area contributed by atoms with Crippen molar-refractivity contribution in [3.05, 3.63) is 51.7 Å². The van der Waals surface area contributed by atoms with Crippen LogP contribution in [-0.4, -0.2) is 11.9 Å². The number of hydrogen-bond acceptors (Lipinski definition) is 3. The lowest BCUT2D eigenvalue weighted by molar-refractivity contribution is 0.0939. The van der Waals surface area contributed by atoms with Gasteiger partial charge in [-0.15, -0.1) is 24.0 Å². The lowest BCUT2D eigenvalue weighted by Gasteiger charge is -2.14. The van der Waals surface area contributed by atoms with Crippen LogP contribution in [0.15, 0.2) is 40.6 Å². The van der Waals surface area contributed by atoms with Gasteiger partial charge >= 0.3 is 0 Å². The molecule has 2 nitrogen and oxygen atoms in total. The first kappa shape index (κ1) is 14.2. The molecule has 100 valence electrons. The van der Waals surface area contributed by atoms with Crippen molar-refractivity contribution in [2.75, 3.05) is 0 Å². The van der Waals surface area contributed by atoms with Gasteiger partial charge in [-0.25, -0.2) is 0 Å². The van der Waals surface area contributed by atoms with Crippen LogP contribution in [0.2, 0.25) is 0 Å². The first-order chi connectivity index (χ1) is 9.06. The Bertz CT molecular complexity index is 564. The maximum Gasteiger partial charge on any atom is 0.251 e. The maximum atomic E-state index is 12.2. The third kappa shape index (κ3) is 3.85. The van der Waals surface area contributed by atoms with Crippen LogP contribution in [0.25, 0.3) is 0 Å². The fourth-order valence-electron chi connectivity index (χ4n) is 1.94. The van der Waals surface area contributed by atoms with E-state index >= 15 is 0 Å². The molecule has 0 aliphatic carbocycles. The average Bonchev–Trinajstić information content (AvgIpc) is 2.84. The molecule has 1 heterocycles. The van der Waals surface area contributed by atoms with E-state index in [0.717, 1.165) is 16.9 Å². The summed E-state index contributed by atoms with van der Waals surface area (Å²) in [6.45, 7) is 3.96. The van der Waals surface area contributed by atoms with Crippen molar-refractivity contribution in [1.29, 1.82) is 0 Å². The Labute approximate surface area is 123 Å². The van der Waals surface area contributed by atoms with Gasteiger partial charge in [-0.3, -0.25) is 4.79 Å². The van der Waals surface area contributed by atoms with E-state index in [1.54, 1.807) is 11.3 Å². The molecule has 1 unspecified atom stereocenters. The van der Waals surface area contributed by atoms with Gasteiger partial charge in [-0.05, 0) is 43.0 Å². The van der Waals surface area contributed by atoms with E-state index in [1.165, 1.54) is 4.88 Å². The third-order valence-electron chi connectivity index (χ3n) is 2.93. The van der Waals surface area contributed by atoms with Crippen LogP contribution in [0.4, 0.5) is 0 Å². The molecule has 1 aromatic heterocycles. The van der Waals surface area contributed by atoms with E-state index in [2.05, 4.69) is 29.4 Å². The third-order valence-corrected chi connectivity index (χ3v) is 4.11. The predicted molar refractivity (Wildman–Crippen MR) is 83.4 cm³/mol. The monoisotopic (exact) mass is 291 g/mol. The lowest BCUT2D eigenvalue weighted by Crippen LogP contribution is -2.34. The second-order valence-corrected chi connectivity index (χ2v) is 6.21. The molecular formula is C15H17NOS2. The summed E-state index contributed by atoms with van der Waals surface area (Å²) in [4.78, 5) is 14.3. The molecule has 4 heteroatoms. The number of aryl methyl sites for hydroxylation is 1. The smallest absolute Gasteiger partial charge is 0.251 e. The quantitative estimate of drug-likeness (QED) is 0.826. The van der Waals surface area contributed by atoms with Gasteiger partial charge in [-0.2, -0.15) is 0 Å². The van der Waals surface area contributed by atoms with Gasteiger partial charge in [-0.1, -0.05) is 12.1 Å². The van der Waals surface area contributed by atoms with Gasteiger partial charge in [0.05, 0.1) is 0 Å². The van der Waals surface area contributed by atoms with Gasteiger partial charge in [0.1, 0.15) is 0 Å². The van der Waals surface area contributed by atoms with E-state index in [4.69, 9.17) is 0 Å². The molecule has 2 aromatic rings. The summed E-state index contributed by atoms with van der Waals surface area (Å²) in [5.41, 5.74) is 1.67. The molecule has 19 heavy (non-hydrogen) atoms. The molecule has 0 spiro atoms. The molecule has 1 atom stereocenters. The summed E-state index contributed by atoms with van der Waals surface area (Å²) in [5.74, 6) is -0.0301. The van der Waals surface area contributed by atoms with Crippen LogP contribution in [0.1, 0.15) is 27.7 Å². The molecule has 0 aliphatic rings. The molecule has 1 amide bonds. The van der Waals surface area contributed by atoms with E-state index in [9.17, 15) is 4.79 Å². The molecule has 1 aromatic carbocycles. The average molecular weight is 291 g/mol. The number of carbonyl (C=O) groups excluding carboxylic acids is 1. The zero-order chi connectivity index (χ0) is 13.8. The van der Waals surface area contributed by atoms with E-state index in [1.807, 2.05) is 38.1 Å². The second-order valence-electron chi connectivity index (χ2n) is 4.66. The molecule has 0 saturated carbocycles. The Morgan fingerprint density at radius 3 is 2.89 bits per heavy atom. The largest absolute Gasteiger partial charge is 0.349 e. The van der Waals surface area contributed by atoms with E-state index < -0.39 is 0 Å². The van der Waals surface area contributed by atoms with Crippen LogP contribution >= 0.6 is 24.0 Å². The number of thiol groups is 1. The van der Waals surface area contributed by atoms with Crippen LogP contribution in [0.5, 0.6) is 0 Å². The molecular weight excluding hydrogens is 274 g/mol. The van der Waals surface area contributed by atoms with Crippen molar-refractivity contribution in [3.8, 4) is 0 Å². The summed E-state index contributed by atoms with van der Waals surface area (Å²) >= 11 is 6.00. The van der Waals surface area contributed by atoms with Crippen LogP contribution < -0.4 is 5.32 Å². The molecule has 0 radical (unpaired) electrons. The molecule has 0 saturated heterocycles. The highest BCUT2D eigenvalue weighted by Gasteiger charge is 2.13. The van der Waals surface area contributed by atoms with Crippen molar-refractivity contribution in [3.63, 3.8) is 0 Å². The van der Waals surface area contributed by atoms with Gasteiger partial charge in [0, 0.05) is 27.8 Å². The van der Waals surface area contributed by atoms with Gasteiger partial charge in [0.25, 0.3) is 5.91 Å². The van der Waals surface area contributed by atoms with Gasteiger partial charge in [0.15, 0.2) is 0 Å². The summed E-state index contributed by atoms with van der Waals surface area (Å²) in [7, 11) is 0. The zero-order valence-electron chi connectivity index (χ0n) is 11.0. The highest BCUT2D eigenvalue weighted by molar-refractivity contribution is 7.80. The van der Waals surface area contributed by atoms with Crippen LogP contribution in [0, 0.1) is 6.92 Å². The molecule has 0 aliphatic heterocycles. The predicted octanol–water partition coefficient (Wildman–Crippen LogP) is 3.71. The highest BCUT2D eigenvalue weighted by Crippen LogP contribution is 2.15. The SMILES string of the molecule is Cc1ccc(S)cc1C(=O)NC(C)Cc1cccs1. The topological polar surface area (TPSA) is 29.1 Å². The fourth-order valence-corrected chi connectivity index (χ4v) is 2.98. The number of nitrogens with one attached hydrogen (secondary N) is 1. The zero-order valence-corrected chi connectivity index (χ0v) is 12.7. The number of hydrogen-bond donors (Lipinski definition) is 2. The first-order valence-electron chi connectivity index (χ1n) is 6.19. The summed E-state index contributed by atoms with van der Waals surface area (Å²) in [5, 5.41) is 5.09. The first-order valence-corrected chi connectivity index (χ1v) is 7.52. The Morgan fingerprint density at radius 2 is 2.21 bits per heavy atom. The number of carbonyl (C=O) groups is 1. The van der Waals surface area contributed by atoms with Crippen molar-refractivity contribution in [2.45, 2.75) is 31.2 Å². The fraction of sp³-hybridized carbons (Fsp3) is 0.267. The van der Waals surface area contributed by atoms with Crippen LogP contribution in [-0.2, 0) is 6.42 Å². The molecule has 0 fully saturated rings. The minimum atomic E-state index is -0.0301. The second kappa shape index (κ2) is 6.26. The van der Waals surface area contributed by atoms with Crippen molar-refractivity contribution in [2.24, 2.45) is 0 Å². The minimum absolute atomic E-state index is 0.0301. The summed E-state index contributed by atoms with van der Waals surface area (Å²) in [6, 6.07) is 9.86. The Morgan fingerprint density at radius 1 is 1.42 bits per heavy atom. The number of amides is 1.